The number of aromatic nitrogens is 4. The zero-order valence-electron chi connectivity index (χ0n) is 13.6. The van der Waals surface area contributed by atoms with Gasteiger partial charge in [0.1, 0.15) is 5.52 Å². The number of likely N-dealkylation sites (tertiary alicyclic amines) is 1. The summed E-state index contributed by atoms with van der Waals surface area (Å²) in [5.74, 6) is 0. The van der Waals surface area contributed by atoms with Crippen molar-refractivity contribution in [3.63, 3.8) is 0 Å². The Labute approximate surface area is 140 Å². The highest BCUT2D eigenvalue weighted by atomic mass is 16.1. The second-order valence-electron chi connectivity index (χ2n) is 6.30. The fourth-order valence-electron chi connectivity index (χ4n) is 3.29. The highest BCUT2D eigenvalue weighted by Gasteiger charge is 2.12. The quantitative estimate of drug-likeness (QED) is 0.737. The second-order valence-corrected chi connectivity index (χ2v) is 6.30. The molecule has 0 amide bonds. The van der Waals surface area contributed by atoms with Crippen molar-refractivity contribution in [2.24, 2.45) is 0 Å². The molecule has 0 bridgehead atoms. The Balaban J connectivity index is 1.59. The minimum absolute atomic E-state index is 0.0112. The number of nitrogens with zero attached hydrogens (tertiary/aromatic N) is 5. The summed E-state index contributed by atoms with van der Waals surface area (Å²) in [7, 11) is 0. The van der Waals surface area contributed by atoms with Crippen LogP contribution in [0.15, 0.2) is 47.8 Å². The first-order valence-electron chi connectivity index (χ1n) is 8.53. The van der Waals surface area contributed by atoms with E-state index in [1.807, 2.05) is 30.6 Å². The van der Waals surface area contributed by atoms with Crippen molar-refractivity contribution < 1.29 is 0 Å². The van der Waals surface area contributed by atoms with Gasteiger partial charge in [-0.3, -0.25) is 9.78 Å². The van der Waals surface area contributed by atoms with Crippen molar-refractivity contribution in [2.45, 2.75) is 25.8 Å². The van der Waals surface area contributed by atoms with Crippen LogP contribution in [0.2, 0.25) is 0 Å². The van der Waals surface area contributed by atoms with Gasteiger partial charge in [-0.25, -0.2) is 4.52 Å². The van der Waals surface area contributed by atoms with E-state index in [-0.39, 0.29) is 5.56 Å². The first kappa shape index (κ1) is 15.1. The van der Waals surface area contributed by atoms with Gasteiger partial charge in [0, 0.05) is 43.4 Å². The van der Waals surface area contributed by atoms with Gasteiger partial charge in [-0.15, -0.1) is 0 Å². The molecule has 1 aliphatic rings. The Hall–Kier alpha value is -2.47. The van der Waals surface area contributed by atoms with Gasteiger partial charge in [-0.2, -0.15) is 5.10 Å². The lowest BCUT2D eigenvalue weighted by molar-refractivity contribution is 0.220. The number of piperidine rings is 1. The van der Waals surface area contributed by atoms with E-state index < -0.39 is 0 Å². The van der Waals surface area contributed by atoms with Crippen LogP contribution in [-0.2, 0) is 6.54 Å². The fourth-order valence-corrected chi connectivity index (χ4v) is 3.29. The average molecular weight is 323 g/mol. The van der Waals surface area contributed by atoms with Gasteiger partial charge >= 0.3 is 0 Å². The Kier molecular flexibility index (Phi) is 4.13. The topological polar surface area (TPSA) is 55.4 Å². The van der Waals surface area contributed by atoms with Crippen molar-refractivity contribution in [1.29, 1.82) is 0 Å². The number of hydrogen-bond donors (Lipinski definition) is 0. The molecule has 6 nitrogen and oxygen atoms in total. The Morgan fingerprint density at radius 2 is 1.96 bits per heavy atom. The summed E-state index contributed by atoms with van der Waals surface area (Å²) in [6.45, 7) is 3.95. The van der Waals surface area contributed by atoms with Crippen LogP contribution in [0.5, 0.6) is 0 Å². The number of pyridine rings is 1. The summed E-state index contributed by atoms with van der Waals surface area (Å²) < 4.78 is 3.45. The largest absolute Gasteiger partial charge is 0.311 e. The van der Waals surface area contributed by atoms with Gasteiger partial charge in [-0.1, -0.05) is 6.42 Å². The van der Waals surface area contributed by atoms with Crippen LogP contribution in [-0.4, -0.2) is 43.7 Å². The maximum absolute atomic E-state index is 12.7. The molecule has 3 aromatic rings. The lowest BCUT2D eigenvalue weighted by Crippen LogP contribution is -2.34. The smallest absolute Gasteiger partial charge is 0.276 e. The van der Waals surface area contributed by atoms with Gasteiger partial charge in [0.2, 0.25) is 0 Å². The van der Waals surface area contributed by atoms with Gasteiger partial charge in [-0.05, 0) is 44.1 Å². The normalized spacial score (nSPS) is 15.8. The monoisotopic (exact) mass is 323 g/mol. The summed E-state index contributed by atoms with van der Waals surface area (Å²) in [6, 6.07) is 5.66. The molecule has 0 atom stereocenters. The maximum atomic E-state index is 12.7. The minimum atomic E-state index is 0.0112. The van der Waals surface area contributed by atoms with Crippen LogP contribution in [0, 0.1) is 0 Å². The Morgan fingerprint density at radius 1 is 1.08 bits per heavy atom. The summed E-state index contributed by atoms with van der Waals surface area (Å²) in [5, 5.41) is 4.49. The SMILES string of the molecule is O=c1c2cc(-c3cccnc3)nn2ccn1CCN1CCCCC1. The van der Waals surface area contributed by atoms with Crippen molar-refractivity contribution in [3.05, 3.63) is 53.3 Å². The predicted octanol–water partition coefficient (Wildman–Crippen LogP) is 2.04. The standard InChI is InChI=1S/C18H21N5O/c24-18-17-13-16(15-5-4-6-19-14-15)20-23(17)12-11-22(18)10-9-21-7-2-1-3-8-21/h4-6,11-14H,1-3,7-10H2. The number of fused-ring (bicyclic) bond motifs is 1. The van der Waals surface area contributed by atoms with E-state index in [9.17, 15) is 4.79 Å². The molecule has 4 rings (SSSR count). The molecule has 1 aliphatic heterocycles. The van der Waals surface area contributed by atoms with E-state index >= 15 is 0 Å². The van der Waals surface area contributed by atoms with Crippen LogP contribution >= 0.6 is 0 Å². The van der Waals surface area contributed by atoms with E-state index in [4.69, 9.17) is 0 Å². The third kappa shape index (κ3) is 2.97. The highest BCUT2D eigenvalue weighted by Crippen LogP contribution is 2.16. The number of hydrogen-bond acceptors (Lipinski definition) is 4. The van der Waals surface area contributed by atoms with Crippen LogP contribution in [0.3, 0.4) is 0 Å². The summed E-state index contributed by atoms with van der Waals surface area (Å²) in [4.78, 5) is 19.3. The van der Waals surface area contributed by atoms with E-state index in [2.05, 4.69) is 15.0 Å². The minimum Gasteiger partial charge on any atom is -0.311 e. The molecule has 0 unspecified atom stereocenters. The zero-order chi connectivity index (χ0) is 16.4. The van der Waals surface area contributed by atoms with Crippen molar-refractivity contribution in [3.8, 4) is 11.3 Å². The fraction of sp³-hybridized carbons (Fsp3) is 0.389. The highest BCUT2D eigenvalue weighted by molar-refractivity contribution is 5.64. The molecule has 4 heterocycles. The van der Waals surface area contributed by atoms with Crippen LogP contribution in [0.4, 0.5) is 0 Å². The van der Waals surface area contributed by atoms with E-state index in [0.29, 0.717) is 5.52 Å². The maximum Gasteiger partial charge on any atom is 0.276 e. The molecule has 0 spiro atoms. The van der Waals surface area contributed by atoms with Crippen LogP contribution in [0.25, 0.3) is 16.8 Å². The van der Waals surface area contributed by atoms with E-state index in [1.54, 1.807) is 21.5 Å². The molecular formula is C18H21N5O. The third-order valence-corrected chi connectivity index (χ3v) is 4.67. The van der Waals surface area contributed by atoms with E-state index in [0.717, 1.165) is 37.4 Å². The summed E-state index contributed by atoms with van der Waals surface area (Å²) in [5.41, 5.74) is 2.31. The Morgan fingerprint density at radius 3 is 2.75 bits per heavy atom. The molecule has 1 fully saturated rings. The van der Waals surface area contributed by atoms with Crippen molar-refractivity contribution >= 4 is 5.52 Å². The molecule has 3 aromatic heterocycles. The Bertz CT molecular complexity index is 877. The molecule has 0 aromatic carbocycles. The van der Waals surface area contributed by atoms with Crippen molar-refractivity contribution in [2.75, 3.05) is 19.6 Å². The molecule has 24 heavy (non-hydrogen) atoms. The third-order valence-electron chi connectivity index (χ3n) is 4.67. The lowest BCUT2D eigenvalue weighted by Gasteiger charge is -2.26. The first-order chi connectivity index (χ1) is 11.8. The summed E-state index contributed by atoms with van der Waals surface area (Å²) in [6.07, 6.45) is 11.0. The number of rotatable bonds is 4. The molecule has 0 radical (unpaired) electrons. The first-order valence-corrected chi connectivity index (χ1v) is 8.53. The predicted molar refractivity (Wildman–Crippen MR) is 93.0 cm³/mol. The zero-order valence-corrected chi connectivity index (χ0v) is 13.6. The van der Waals surface area contributed by atoms with Crippen molar-refractivity contribution in [1.82, 2.24) is 24.1 Å². The average Bonchev–Trinajstić information content (AvgIpc) is 3.08. The second kappa shape index (κ2) is 6.57. The van der Waals surface area contributed by atoms with Gasteiger partial charge in [0.05, 0.1) is 5.69 Å². The lowest BCUT2D eigenvalue weighted by atomic mass is 10.1. The van der Waals surface area contributed by atoms with Gasteiger partial charge in [0.25, 0.3) is 5.56 Å². The molecule has 0 aliphatic carbocycles. The molecular weight excluding hydrogens is 302 g/mol. The van der Waals surface area contributed by atoms with Gasteiger partial charge < -0.3 is 9.47 Å². The molecule has 6 heteroatoms. The summed E-state index contributed by atoms with van der Waals surface area (Å²) >= 11 is 0. The van der Waals surface area contributed by atoms with Crippen LogP contribution < -0.4 is 5.56 Å². The molecule has 124 valence electrons. The van der Waals surface area contributed by atoms with E-state index in [1.165, 1.54) is 19.3 Å². The van der Waals surface area contributed by atoms with Crippen LogP contribution in [0.1, 0.15) is 19.3 Å². The van der Waals surface area contributed by atoms with Gasteiger partial charge in [0.15, 0.2) is 0 Å². The molecule has 0 saturated carbocycles. The molecule has 0 N–H and O–H groups in total. The molecule has 1 saturated heterocycles.